The number of rotatable bonds is 6. The lowest BCUT2D eigenvalue weighted by atomic mass is 10.2. The molecule has 0 spiro atoms. The Bertz CT molecular complexity index is 798. The van der Waals surface area contributed by atoms with Crippen molar-refractivity contribution in [1.29, 1.82) is 0 Å². The maximum atomic E-state index is 12.1. The van der Waals surface area contributed by atoms with E-state index in [9.17, 15) is 13.2 Å². The Morgan fingerprint density at radius 1 is 1.42 bits per heavy atom. The Morgan fingerprint density at radius 2 is 2.21 bits per heavy atom. The van der Waals surface area contributed by atoms with E-state index in [0.29, 0.717) is 25.4 Å². The van der Waals surface area contributed by atoms with Crippen molar-refractivity contribution in [2.75, 3.05) is 24.6 Å². The molecule has 0 saturated carbocycles. The van der Waals surface area contributed by atoms with Crippen LogP contribution in [0.2, 0.25) is 0 Å². The monoisotopic (exact) mass is 351 g/mol. The third-order valence-electron chi connectivity index (χ3n) is 4.11. The lowest BCUT2D eigenvalue weighted by molar-refractivity contribution is -0.122. The molecule has 3 rings (SSSR count). The first kappa shape index (κ1) is 16.9. The second-order valence-electron chi connectivity index (χ2n) is 6.05. The molecule has 0 bridgehead atoms. The number of oxazole rings is 1. The van der Waals surface area contributed by atoms with E-state index >= 15 is 0 Å². The van der Waals surface area contributed by atoms with Crippen LogP contribution >= 0.6 is 0 Å². The molecule has 1 N–H and O–H groups in total. The molecule has 2 aromatic rings. The summed E-state index contributed by atoms with van der Waals surface area (Å²) in [5.74, 6) is 0.582. The number of fused-ring (bicyclic) bond motifs is 1. The summed E-state index contributed by atoms with van der Waals surface area (Å²) < 4.78 is 28.6. The molecule has 1 aliphatic heterocycles. The number of nitrogens with one attached hydrogen (secondary N) is 1. The number of hydrogen-bond donors (Lipinski definition) is 1. The predicted molar refractivity (Wildman–Crippen MR) is 90.2 cm³/mol. The summed E-state index contributed by atoms with van der Waals surface area (Å²) in [6, 6.07) is 7.25. The molecule has 8 heteroatoms. The number of benzene rings is 1. The smallest absolute Gasteiger partial charge is 0.234 e. The van der Waals surface area contributed by atoms with Gasteiger partial charge in [0.1, 0.15) is 5.52 Å². The molecule has 1 amide bonds. The SMILES string of the molecule is CCN(CC(=O)NC1CCS(=O)(=O)C1)Cc1nc2ccccc2o1. The maximum absolute atomic E-state index is 12.1. The van der Waals surface area contributed by atoms with Crippen molar-refractivity contribution in [2.24, 2.45) is 0 Å². The molecule has 1 fully saturated rings. The van der Waals surface area contributed by atoms with E-state index in [1.54, 1.807) is 0 Å². The summed E-state index contributed by atoms with van der Waals surface area (Å²) in [4.78, 5) is 18.5. The maximum Gasteiger partial charge on any atom is 0.234 e. The lowest BCUT2D eigenvalue weighted by Gasteiger charge is -2.19. The van der Waals surface area contributed by atoms with Gasteiger partial charge in [0, 0.05) is 6.04 Å². The van der Waals surface area contributed by atoms with E-state index in [-0.39, 0.29) is 30.0 Å². The highest BCUT2D eigenvalue weighted by Gasteiger charge is 2.29. The van der Waals surface area contributed by atoms with Gasteiger partial charge in [0.15, 0.2) is 15.4 Å². The van der Waals surface area contributed by atoms with Gasteiger partial charge in [-0.25, -0.2) is 13.4 Å². The molecular formula is C16H21N3O4S. The summed E-state index contributed by atoms with van der Waals surface area (Å²) in [6.45, 7) is 3.23. The number of hydrogen-bond acceptors (Lipinski definition) is 6. The van der Waals surface area contributed by atoms with Crippen LogP contribution in [0.15, 0.2) is 28.7 Å². The van der Waals surface area contributed by atoms with Crippen LogP contribution in [-0.4, -0.2) is 54.8 Å². The highest BCUT2D eigenvalue weighted by Crippen LogP contribution is 2.16. The first-order valence-corrected chi connectivity index (χ1v) is 9.84. The number of carbonyl (C=O) groups excluding carboxylic acids is 1. The molecule has 130 valence electrons. The normalized spacial score (nSPS) is 19.8. The zero-order valence-electron chi connectivity index (χ0n) is 13.6. The second-order valence-corrected chi connectivity index (χ2v) is 8.27. The van der Waals surface area contributed by atoms with E-state index in [2.05, 4.69) is 10.3 Å². The minimum atomic E-state index is -2.99. The van der Waals surface area contributed by atoms with Crippen LogP contribution in [-0.2, 0) is 21.2 Å². The average molecular weight is 351 g/mol. The van der Waals surface area contributed by atoms with Crippen LogP contribution in [0.25, 0.3) is 11.1 Å². The van der Waals surface area contributed by atoms with Gasteiger partial charge in [-0.1, -0.05) is 19.1 Å². The number of likely N-dealkylation sites (N-methyl/N-ethyl adjacent to an activating group) is 1. The van der Waals surface area contributed by atoms with Gasteiger partial charge in [-0.2, -0.15) is 0 Å². The largest absolute Gasteiger partial charge is 0.439 e. The van der Waals surface area contributed by atoms with Crippen LogP contribution in [0.3, 0.4) is 0 Å². The van der Waals surface area contributed by atoms with Crippen molar-refractivity contribution in [3.8, 4) is 0 Å². The number of nitrogens with zero attached hydrogens (tertiary/aromatic N) is 2. The molecule has 24 heavy (non-hydrogen) atoms. The van der Waals surface area contributed by atoms with Gasteiger partial charge in [-0.3, -0.25) is 9.69 Å². The van der Waals surface area contributed by atoms with Gasteiger partial charge < -0.3 is 9.73 Å². The van der Waals surface area contributed by atoms with E-state index in [1.807, 2.05) is 36.1 Å². The third-order valence-corrected chi connectivity index (χ3v) is 5.88. The molecule has 0 radical (unpaired) electrons. The van der Waals surface area contributed by atoms with Crippen molar-refractivity contribution in [3.63, 3.8) is 0 Å². The molecule has 1 aliphatic rings. The van der Waals surface area contributed by atoms with Gasteiger partial charge in [0.25, 0.3) is 0 Å². The number of sulfone groups is 1. The Labute approximate surface area is 141 Å². The Morgan fingerprint density at radius 3 is 2.88 bits per heavy atom. The summed E-state index contributed by atoms with van der Waals surface area (Å²) in [5.41, 5.74) is 1.52. The van der Waals surface area contributed by atoms with E-state index < -0.39 is 9.84 Å². The quantitative estimate of drug-likeness (QED) is 0.833. The topological polar surface area (TPSA) is 92.5 Å². The second kappa shape index (κ2) is 6.90. The fourth-order valence-corrected chi connectivity index (χ4v) is 4.52. The molecular weight excluding hydrogens is 330 g/mol. The van der Waals surface area contributed by atoms with E-state index in [1.165, 1.54) is 0 Å². The molecule has 1 atom stereocenters. The van der Waals surface area contributed by atoms with Crippen LogP contribution in [0.5, 0.6) is 0 Å². The zero-order chi connectivity index (χ0) is 17.2. The van der Waals surface area contributed by atoms with Gasteiger partial charge in [-0.05, 0) is 25.1 Å². The highest BCUT2D eigenvalue weighted by molar-refractivity contribution is 7.91. The summed E-state index contributed by atoms with van der Waals surface area (Å²) >= 11 is 0. The number of para-hydroxylation sites is 2. The third kappa shape index (κ3) is 4.12. The standard InChI is InChI=1S/C16H21N3O4S/c1-2-19(9-15(20)17-12-7-8-24(21,22)11-12)10-16-18-13-5-3-4-6-14(13)23-16/h3-6,12H,2,7-11H2,1H3,(H,17,20). The Balaban J connectivity index is 1.57. The number of carbonyl (C=O) groups is 1. The molecule has 1 saturated heterocycles. The van der Waals surface area contributed by atoms with Crippen molar-refractivity contribution in [1.82, 2.24) is 15.2 Å². The summed E-state index contributed by atoms with van der Waals surface area (Å²) in [7, 11) is -2.99. The molecule has 1 aromatic carbocycles. The van der Waals surface area contributed by atoms with Crippen molar-refractivity contribution in [3.05, 3.63) is 30.2 Å². The van der Waals surface area contributed by atoms with Crippen LogP contribution < -0.4 is 5.32 Å². The van der Waals surface area contributed by atoms with Gasteiger partial charge >= 0.3 is 0 Å². The average Bonchev–Trinajstić information content (AvgIpc) is 3.08. The van der Waals surface area contributed by atoms with E-state index in [4.69, 9.17) is 4.42 Å². The van der Waals surface area contributed by atoms with Crippen LogP contribution in [0.4, 0.5) is 0 Å². The Kier molecular flexibility index (Phi) is 4.86. The predicted octanol–water partition coefficient (Wildman–Crippen LogP) is 0.953. The Hall–Kier alpha value is -1.93. The first-order chi connectivity index (χ1) is 11.4. The molecule has 0 aliphatic carbocycles. The minimum Gasteiger partial charge on any atom is -0.439 e. The lowest BCUT2D eigenvalue weighted by Crippen LogP contribution is -2.42. The first-order valence-electron chi connectivity index (χ1n) is 8.02. The van der Waals surface area contributed by atoms with Gasteiger partial charge in [0.05, 0.1) is 24.6 Å². The van der Waals surface area contributed by atoms with E-state index in [0.717, 1.165) is 11.1 Å². The molecule has 1 aromatic heterocycles. The fourth-order valence-electron chi connectivity index (χ4n) is 2.84. The van der Waals surface area contributed by atoms with Crippen LogP contribution in [0, 0.1) is 0 Å². The minimum absolute atomic E-state index is 0.0377. The summed E-state index contributed by atoms with van der Waals surface area (Å²) in [5, 5.41) is 2.80. The van der Waals surface area contributed by atoms with Crippen LogP contribution in [0.1, 0.15) is 19.2 Å². The number of amides is 1. The van der Waals surface area contributed by atoms with Gasteiger partial charge in [-0.15, -0.1) is 0 Å². The summed E-state index contributed by atoms with van der Waals surface area (Å²) in [6.07, 6.45) is 0.491. The number of aromatic nitrogens is 1. The molecule has 7 nitrogen and oxygen atoms in total. The van der Waals surface area contributed by atoms with Crippen molar-refractivity contribution in [2.45, 2.75) is 25.9 Å². The van der Waals surface area contributed by atoms with Crippen molar-refractivity contribution < 1.29 is 17.6 Å². The highest BCUT2D eigenvalue weighted by atomic mass is 32.2. The van der Waals surface area contributed by atoms with Gasteiger partial charge in [0.2, 0.25) is 11.8 Å². The van der Waals surface area contributed by atoms with Crippen molar-refractivity contribution >= 4 is 26.8 Å². The molecule has 2 heterocycles. The fraction of sp³-hybridized carbons (Fsp3) is 0.500. The zero-order valence-corrected chi connectivity index (χ0v) is 14.4. The molecule has 1 unspecified atom stereocenters.